The summed E-state index contributed by atoms with van der Waals surface area (Å²) in [6, 6.07) is 20.1. The number of anilines is 1. The van der Waals surface area contributed by atoms with Gasteiger partial charge in [0.2, 0.25) is 5.91 Å². The van der Waals surface area contributed by atoms with E-state index in [1.165, 1.54) is 0 Å². The van der Waals surface area contributed by atoms with Crippen LogP contribution in [0, 0.1) is 0 Å². The van der Waals surface area contributed by atoms with Crippen LogP contribution in [0.4, 0.5) is 5.69 Å². The average Bonchev–Trinajstić information content (AvgIpc) is 2.56. The number of hydrogen-bond acceptors (Lipinski definition) is 2. The maximum Gasteiger partial charge on any atom is 0.236 e. The zero-order chi connectivity index (χ0) is 15.1. The Morgan fingerprint density at radius 2 is 1.73 bits per heavy atom. The number of carbonyl (C=O) groups is 1. The van der Waals surface area contributed by atoms with Crippen molar-refractivity contribution in [3.63, 3.8) is 0 Å². The van der Waals surface area contributed by atoms with Crippen LogP contribution in [0.5, 0.6) is 0 Å². The maximum absolute atomic E-state index is 12.7. The first-order valence-electron chi connectivity index (χ1n) is 7.49. The van der Waals surface area contributed by atoms with E-state index in [1.807, 2.05) is 65.6 Å². The lowest BCUT2D eigenvalue weighted by Gasteiger charge is -2.45. The van der Waals surface area contributed by atoms with Crippen LogP contribution in [0.15, 0.2) is 66.9 Å². The Bertz CT molecular complexity index is 839. The molecule has 1 amide bonds. The fraction of sp³-hybridized carbons (Fsp3) is 0.158. The molecule has 0 saturated carbocycles. The minimum atomic E-state index is -0.0554. The molecule has 3 nitrogen and oxygen atoms in total. The second-order valence-electron chi connectivity index (χ2n) is 5.69. The molecule has 108 valence electrons. The molecule has 22 heavy (non-hydrogen) atoms. The minimum Gasteiger partial charge on any atom is -0.306 e. The molecular weight excluding hydrogens is 272 g/mol. The molecule has 0 unspecified atom stereocenters. The lowest BCUT2D eigenvalue weighted by atomic mass is 9.82. The number of rotatable bonds is 2. The van der Waals surface area contributed by atoms with Crippen LogP contribution in [-0.4, -0.2) is 16.9 Å². The summed E-state index contributed by atoms with van der Waals surface area (Å²) in [6.07, 6.45) is 1.77. The average molecular weight is 288 g/mol. The van der Waals surface area contributed by atoms with Crippen molar-refractivity contribution in [3.8, 4) is 0 Å². The number of nitrogens with zero attached hydrogens (tertiary/aromatic N) is 2. The van der Waals surface area contributed by atoms with Gasteiger partial charge in [0.15, 0.2) is 0 Å². The van der Waals surface area contributed by atoms with E-state index in [-0.39, 0.29) is 17.9 Å². The predicted octanol–water partition coefficient (Wildman–Crippen LogP) is 3.75. The van der Waals surface area contributed by atoms with Crippen LogP contribution in [0.3, 0.4) is 0 Å². The smallest absolute Gasteiger partial charge is 0.236 e. The quantitative estimate of drug-likeness (QED) is 0.673. The van der Waals surface area contributed by atoms with E-state index in [2.05, 4.69) is 11.9 Å². The monoisotopic (exact) mass is 288 g/mol. The molecule has 1 aliphatic rings. The fourth-order valence-corrected chi connectivity index (χ4v) is 3.33. The van der Waals surface area contributed by atoms with Crippen LogP contribution in [0.25, 0.3) is 10.9 Å². The molecule has 0 N–H and O–H groups in total. The summed E-state index contributed by atoms with van der Waals surface area (Å²) in [5.41, 5.74) is 2.88. The van der Waals surface area contributed by atoms with E-state index in [1.54, 1.807) is 6.20 Å². The maximum atomic E-state index is 12.7. The zero-order valence-corrected chi connectivity index (χ0v) is 12.3. The highest BCUT2D eigenvalue weighted by atomic mass is 16.2. The molecule has 2 heterocycles. The number of pyridine rings is 1. The molecule has 1 saturated heterocycles. The number of benzene rings is 2. The van der Waals surface area contributed by atoms with Crippen molar-refractivity contribution in [2.24, 2.45) is 0 Å². The molecule has 1 fully saturated rings. The van der Waals surface area contributed by atoms with Crippen molar-refractivity contribution < 1.29 is 4.79 Å². The zero-order valence-electron chi connectivity index (χ0n) is 12.3. The van der Waals surface area contributed by atoms with Gasteiger partial charge in [-0.25, -0.2) is 0 Å². The standard InChI is InChI=1S/C19H16N2O/c1-13-17(14-7-3-2-4-8-14)19(22)21(13)16-11-5-9-15-10-6-12-20-18(15)16/h2-13,17H,1H3/t13-,17-/m1/s1. The third-order valence-electron chi connectivity index (χ3n) is 4.42. The third-order valence-corrected chi connectivity index (χ3v) is 4.42. The molecule has 2 aromatic carbocycles. The highest BCUT2D eigenvalue weighted by molar-refractivity contribution is 6.10. The van der Waals surface area contributed by atoms with E-state index >= 15 is 0 Å². The van der Waals surface area contributed by atoms with Crippen LogP contribution in [0.2, 0.25) is 0 Å². The first kappa shape index (κ1) is 13.0. The Hall–Kier alpha value is -2.68. The second kappa shape index (κ2) is 4.95. The summed E-state index contributed by atoms with van der Waals surface area (Å²) in [7, 11) is 0. The molecule has 0 spiro atoms. The van der Waals surface area contributed by atoms with Gasteiger partial charge in [0, 0.05) is 17.6 Å². The number of aromatic nitrogens is 1. The van der Waals surface area contributed by atoms with E-state index in [9.17, 15) is 4.79 Å². The summed E-state index contributed by atoms with van der Waals surface area (Å²) in [4.78, 5) is 19.0. The normalized spacial score (nSPS) is 21.0. The molecule has 3 heteroatoms. The lowest BCUT2D eigenvalue weighted by molar-refractivity contribution is -0.126. The number of para-hydroxylation sites is 1. The summed E-state index contributed by atoms with van der Waals surface area (Å²) in [6.45, 7) is 2.10. The Morgan fingerprint density at radius 1 is 0.955 bits per heavy atom. The van der Waals surface area contributed by atoms with E-state index in [0.29, 0.717) is 0 Å². The van der Waals surface area contributed by atoms with Crippen molar-refractivity contribution in [1.29, 1.82) is 0 Å². The van der Waals surface area contributed by atoms with Gasteiger partial charge >= 0.3 is 0 Å². The molecule has 4 rings (SSSR count). The van der Waals surface area contributed by atoms with E-state index in [0.717, 1.165) is 22.2 Å². The third kappa shape index (κ3) is 1.82. The van der Waals surface area contributed by atoms with Gasteiger partial charge in [-0.1, -0.05) is 48.5 Å². The van der Waals surface area contributed by atoms with Gasteiger partial charge in [-0.15, -0.1) is 0 Å². The van der Waals surface area contributed by atoms with Crippen LogP contribution >= 0.6 is 0 Å². The molecule has 2 atom stereocenters. The molecule has 0 bridgehead atoms. The fourth-order valence-electron chi connectivity index (χ4n) is 3.33. The van der Waals surface area contributed by atoms with Gasteiger partial charge in [0.05, 0.1) is 17.1 Å². The van der Waals surface area contributed by atoms with Gasteiger partial charge in [-0.05, 0) is 24.6 Å². The van der Waals surface area contributed by atoms with E-state index < -0.39 is 0 Å². The number of amides is 1. The number of carbonyl (C=O) groups excluding carboxylic acids is 1. The summed E-state index contributed by atoms with van der Waals surface area (Å²) in [5.74, 6) is 0.0945. The van der Waals surface area contributed by atoms with Gasteiger partial charge in [0.1, 0.15) is 0 Å². The Morgan fingerprint density at radius 3 is 2.50 bits per heavy atom. The highest BCUT2D eigenvalue weighted by Gasteiger charge is 2.46. The predicted molar refractivity (Wildman–Crippen MR) is 87.9 cm³/mol. The molecule has 0 radical (unpaired) electrons. The molecular formula is C19H16N2O. The van der Waals surface area contributed by atoms with Crippen LogP contribution in [0.1, 0.15) is 18.4 Å². The van der Waals surface area contributed by atoms with Crippen molar-refractivity contribution in [2.75, 3.05) is 4.90 Å². The van der Waals surface area contributed by atoms with Gasteiger partial charge in [0.25, 0.3) is 0 Å². The Labute approximate surface area is 129 Å². The Kier molecular flexibility index (Phi) is 2.93. The first-order valence-corrected chi connectivity index (χ1v) is 7.49. The summed E-state index contributed by atoms with van der Waals surface area (Å²) < 4.78 is 0. The van der Waals surface area contributed by atoms with Crippen LogP contribution < -0.4 is 4.90 Å². The second-order valence-corrected chi connectivity index (χ2v) is 5.69. The van der Waals surface area contributed by atoms with Gasteiger partial charge in [-0.3, -0.25) is 9.78 Å². The topological polar surface area (TPSA) is 33.2 Å². The summed E-state index contributed by atoms with van der Waals surface area (Å²) in [5, 5.41) is 1.06. The highest BCUT2D eigenvalue weighted by Crippen LogP contribution is 2.41. The molecule has 0 aliphatic carbocycles. The lowest BCUT2D eigenvalue weighted by Crippen LogP contribution is -2.58. The van der Waals surface area contributed by atoms with Gasteiger partial charge in [-0.2, -0.15) is 0 Å². The number of β-lactam (4-membered cyclic amide) rings is 1. The molecule has 1 aromatic heterocycles. The van der Waals surface area contributed by atoms with Crippen molar-refractivity contribution in [3.05, 3.63) is 72.4 Å². The molecule has 3 aromatic rings. The van der Waals surface area contributed by atoms with Crippen LogP contribution in [-0.2, 0) is 4.79 Å². The van der Waals surface area contributed by atoms with E-state index in [4.69, 9.17) is 0 Å². The SMILES string of the molecule is C[C@@H]1[C@H](c2ccccc2)C(=O)N1c1cccc2cccnc12. The molecule has 1 aliphatic heterocycles. The van der Waals surface area contributed by atoms with Crippen molar-refractivity contribution in [2.45, 2.75) is 18.9 Å². The number of hydrogen-bond donors (Lipinski definition) is 0. The largest absolute Gasteiger partial charge is 0.306 e. The van der Waals surface area contributed by atoms with Gasteiger partial charge < -0.3 is 4.90 Å². The number of fused-ring (bicyclic) bond motifs is 1. The van der Waals surface area contributed by atoms with Crippen molar-refractivity contribution >= 4 is 22.5 Å². The Balaban J connectivity index is 1.74. The first-order chi connectivity index (χ1) is 10.8. The van der Waals surface area contributed by atoms with Crippen molar-refractivity contribution in [1.82, 2.24) is 4.98 Å². The summed E-state index contributed by atoms with van der Waals surface area (Å²) >= 11 is 0. The minimum absolute atomic E-state index is 0.0554.